The molecule has 4 rings (SSSR count). The lowest BCUT2D eigenvalue weighted by atomic mass is 9.94. The van der Waals surface area contributed by atoms with E-state index in [1.807, 2.05) is 0 Å². The number of para-hydroxylation sites is 1. The van der Waals surface area contributed by atoms with E-state index in [1.165, 1.54) is 24.2 Å². The summed E-state index contributed by atoms with van der Waals surface area (Å²) in [5, 5.41) is 0.515. The number of esters is 1. The lowest BCUT2D eigenvalue weighted by molar-refractivity contribution is -0.124. The normalized spacial score (nSPS) is 19.7. The van der Waals surface area contributed by atoms with Gasteiger partial charge in [-0.05, 0) is 67.4 Å². The fourth-order valence-corrected chi connectivity index (χ4v) is 5.00. The zero-order valence-electron chi connectivity index (χ0n) is 17.9. The van der Waals surface area contributed by atoms with Crippen LogP contribution in [0.1, 0.15) is 54.9 Å². The number of rotatable bonds is 5. The monoisotopic (exact) mass is 452 g/mol. The van der Waals surface area contributed by atoms with Crippen LogP contribution >= 0.6 is 11.8 Å². The third-order valence-electron chi connectivity index (χ3n) is 5.56. The topological polar surface area (TPSA) is 59.0 Å². The maximum absolute atomic E-state index is 14.2. The van der Waals surface area contributed by atoms with Gasteiger partial charge in [-0.15, -0.1) is 0 Å². The van der Waals surface area contributed by atoms with E-state index in [2.05, 4.69) is 4.99 Å². The van der Waals surface area contributed by atoms with Gasteiger partial charge in [0.2, 0.25) is 0 Å². The molecule has 0 bridgehead atoms. The Bertz CT molecular complexity index is 1060. The number of nitrogens with zero attached hydrogens (tertiary/aromatic N) is 2. The lowest BCUT2D eigenvalue weighted by Gasteiger charge is -2.30. The van der Waals surface area contributed by atoms with Gasteiger partial charge in [0.1, 0.15) is 11.5 Å². The first-order valence-electron chi connectivity index (χ1n) is 10.9. The summed E-state index contributed by atoms with van der Waals surface area (Å²) >= 11 is 1.27. The Hall–Kier alpha value is -2.93. The number of ether oxygens (including phenoxy) is 1. The third kappa shape index (κ3) is 4.93. The smallest absolute Gasteiger partial charge is 0.338 e. The number of hydrogen-bond acceptors (Lipinski definition) is 5. The van der Waals surface area contributed by atoms with Crippen LogP contribution in [-0.4, -0.2) is 34.6 Å². The second kappa shape index (κ2) is 10.1. The number of carbonyl (C=O) groups is 2. The summed E-state index contributed by atoms with van der Waals surface area (Å²) in [6.07, 6.45) is 6.94. The van der Waals surface area contributed by atoms with E-state index in [9.17, 15) is 14.0 Å². The van der Waals surface area contributed by atoms with Gasteiger partial charge in [-0.25, -0.2) is 14.2 Å². The van der Waals surface area contributed by atoms with Crippen molar-refractivity contribution in [3.63, 3.8) is 0 Å². The van der Waals surface area contributed by atoms with Crippen LogP contribution in [-0.2, 0) is 9.53 Å². The molecule has 32 heavy (non-hydrogen) atoms. The van der Waals surface area contributed by atoms with E-state index in [4.69, 9.17) is 4.74 Å². The molecule has 1 amide bonds. The van der Waals surface area contributed by atoms with Crippen molar-refractivity contribution in [3.05, 3.63) is 70.4 Å². The lowest BCUT2D eigenvalue weighted by Crippen LogP contribution is -2.40. The molecule has 5 nitrogen and oxygen atoms in total. The number of halogens is 1. The molecule has 0 N–H and O–H groups in total. The fraction of sp³-hybridized carbons (Fsp3) is 0.320. The van der Waals surface area contributed by atoms with Crippen molar-refractivity contribution in [1.82, 2.24) is 4.90 Å². The van der Waals surface area contributed by atoms with Crippen molar-refractivity contribution < 1.29 is 18.7 Å². The number of carbonyl (C=O) groups excluding carboxylic acids is 2. The number of benzene rings is 2. The minimum atomic E-state index is -0.413. The Morgan fingerprint density at radius 2 is 1.88 bits per heavy atom. The van der Waals surface area contributed by atoms with E-state index < -0.39 is 5.82 Å². The van der Waals surface area contributed by atoms with Crippen molar-refractivity contribution in [2.24, 2.45) is 4.99 Å². The second-order valence-electron chi connectivity index (χ2n) is 7.77. The van der Waals surface area contributed by atoms with Gasteiger partial charge in [0, 0.05) is 6.04 Å². The Morgan fingerprint density at radius 3 is 2.56 bits per heavy atom. The van der Waals surface area contributed by atoms with Crippen LogP contribution in [0.5, 0.6) is 0 Å². The first kappa shape index (κ1) is 22.3. The van der Waals surface area contributed by atoms with Crippen LogP contribution in [0.2, 0.25) is 0 Å². The van der Waals surface area contributed by atoms with Gasteiger partial charge in [0.05, 0.1) is 17.1 Å². The number of hydrogen-bond donors (Lipinski definition) is 0. The average Bonchev–Trinajstić information content (AvgIpc) is 3.11. The quantitative estimate of drug-likeness (QED) is 0.416. The Labute approximate surface area is 191 Å². The number of thioether (sulfide) groups is 1. The highest BCUT2D eigenvalue weighted by Gasteiger charge is 2.38. The summed E-state index contributed by atoms with van der Waals surface area (Å²) < 4.78 is 19.3. The summed E-state index contributed by atoms with van der Waals surface area (Å²) in [5.41, 5.74) is 1.48. The molecule has 1 heterocycles. The SMILES string of the molecule is CCOC(=O)c1ccc(/C=C2\SC(=Nc3ccccc3F)N(C3CCCCC3)C2=O)cc1. The van der Waals surface area contributed by atoms with Gasteiger partial charge in [-0.3, -0.25) is 9.69 Å². The predicted molar refractivity (Wildman–Crippen MR) is 125 cm³/mol. The van der Waals surface area contributed by atoms with Crippen molar-refractivity contribution >= 4 is 40.6 Å². The molecule has 1 saturated carbocycles. The maximum atomic E-state index is 14.2. The summed E-state index contributed by atoms with van der Waals surface area (Å²) in [7, 11) is 0. The summed E-state index contributed by atoms with van der Waals surface area (Å²) in [6.45, 7) is 2.08. The van der Waals surface area contributed by atoms with E-state index in [-0.39, 0.29) is 23.6 Å². The highest BCUT2D eigenvalue weighted by Crippen LogP contribution is 2.38. The van der Waals surface area contributed by atoms with Crippen LogP contribution in [0, 0.1) is 5.82 Å². The van der Waals surface area contributed by atoms with Gasteiger partial charge < -0.3 is 4.74 Å². The van der Waals surface area contributed by atoms with E-state index in [0.717, 1.165) is 31.2 Å². The number of aliphatic imine (C=N–C) groups is 1. The first-order valence-corrected chi connectivity index (χ1v) is 11.7. The Balaban J connectivity index is 1.64. The molecule has 2 aliphatic rings. The molecule has 1 aliphatic heterocycles. The first-order chi connectivity index (χ1) is 15.6. The molecule has 0 unspecified atom stereocenters. The van der Waals surface area contributed by atoms with Crippen molar-refractivity contribution in [2.45, 2.75) is 45.1 Å². The van der Waals surface area contributed by atoms with Crippen LogP contribution in [0.25, 0.3) is 6.08 Å². The highest BCUT2D eigenvalue weighted by molar-refractivity contribution is 8.18. The molecule has 1 saturated heterocycles. The van der Waals surface area contributed by atoms with Gasteiger partial charge >= 0.3 is 5.97 Å². The predicted octanol–water partition coefficient (Wildman–Crippen LogP) is 5.94. The summed E-state index contributed by atoms with van der Waals surface area (Å²) in [6, 6.07) is 13.3. The zero-order chi connectivity index (χ0) is 22.5. The van der Waals surface area contributed by atoms with Crippen LogP contribution in [0.4, 0.5) is 10.1 Å². The molecule has 0 radical (unpaired) electrons. The largest absolute Gasteiger partial charge is 0.462 e. The zero-order valence-corrected chi connectivity index (χ0v) is 18.7. The molecule has 7 heteroatoms. The van der Waals surface area contributed by atoms with Crippen molar-refractivity contribution in [2.75, 3.05) is 6.61 Å². The summed E-state index contributed by atoms with van der Waals surface area (Å²) in [5.74, 6) is -0.893. The molecular formula is C25H25FN2O3S. The second-order valence-corrected chi connectivity index (χ2v) is 8.78. The molecule has 0 spiro atoms. The van der Waals surface area contributed by atoms with Crippen LogP contribution in [0.15, 0.2) is 58.4 Å². The van der Waals surface area contributed by atoms with Gasteiger partial charge in [-0.2, -0.15) is 0 Å². The average molecular weight is 453 g/mol. The Kier molecular flexibility index (Phi) is 7.05. The van der Waals surface area contributed by atoms with Crippen LogP contribution < -0.4 is 0 Å². The molecule has 2 fully saturated rings. The van der Waals surface area contributed by atoms with Crippen molar-refractivity contribution in [1.29, 1.82) is 0 Å². The number of amidine groups is 1. The van der Waals surface area contributed by atoms with Crippen LogP contribution in [0.3, 0.4) is 0 Å². The minimum absolute atomic E-state index is 0.0753. The molecule has 0 aromatic heterocycles. The maximum Gasteiger partial charge on any atom is 0.338 e. The van der Waals surface area contributed by atoms with E-state index in [1.54, 1.807) is 60.4 Å². The van der Waals surface area contributed by atoms with E-state index in [0.29, 0.717) is 22.2 Å². The molecular weight excluding hydrogens is 427 g/mol. The molecule has 0 atom stereocenters. The van der Waals surface area contributed by atoms with Gasteiger partial charge in [-0.1, -0.05) is 43.5 Å². The van der Waals surface area contributed by atoms with Crippen molar-refractivity contribution in [3.8, 4) is 0 Å². The Morgan fingerprint density at radius 1 is 1.16 bits per heavy atom. The minimum Gasteiger partial charge on any atom is -0.462 e. The van der Waals surface area contributed by atoms with E-state index >= 15 is 0 Å². The number of amides is 1. The summed E-state index contributed by atoms with van der Waals surface area (Å²) in [4.78, 5) is 32.0. The molecule has 2 aromatic rings. The standard InChI is InChI=1S/C25H25FN2O3S/c1-2-31-24(30)18-14-12-17(13-15-18)16-22-23(29)28(19-8-4-3-5-9-19)25(32-22)27-21-11-7-6-10-20(21)26/h6-7,10-16,19H,2-5,8-9H2,1H3/b22-16-,27-25?. The van der Waals surface area contributed by atoms with Gasteiger partial charge in [0.25, 0.3) is 5.91 Å². The third-order valence-corrected chi connectivity index (χ3v) is 6.55. The molecule has 1 aliphatic carbocycles. The molecule has 2 aromatic carbocycles. The fourth-order valence-electron chi connectivity index (χ4n) is 3.95. The highest BCUT2D eigenvalue weighted by atomic mass is 32.2. The van der Waals surface area contributed by atoms with Gasteiger partial charge in [0.15, 0.2) is 5.17 Å². The molecule has 166 valence electrons.